The molecular weight excluding hydrogens is 298 g/mol. The number of benzene rings is 1. The monoisotopic (exact) mass is 317 g/mol. The molecule has 0 bridgehead atoms. The van der Waals surface area contributed by atoms with Crippen molar-refractivity contribution >= 4 is 17.2 Å². The second kappa shape index (κ2) is 5.74. The van der Waals surface area contributed by atoms with Crippen molar-refractivity contribution in [1.82, 2.24) is 5.32 Å². The quantitative estimate of drug-likeness (QED) is 0.911. The van der Waals surface area contributed by atoms with Gasteiger partial charge in [0.05, 0.1) is 6.54 Å². The van der Waals surface area contributed by atoms with Gasteiger partial charge in [-0.15, -0.1) is 0 Å². The average molecular weight is 317 g/mol. The second-order valence-corrected chi connectivity index (χ2v) is 6.65. The summed E-state index contributed by atoms with van der Waals surface area (Å²) in [6.07, 6.45) is -0.546. The summed E-state index contributed by atoms with van der Waals surface area (Å²) in [6.45, 7) is 3.83. The van der Waals surface area contributed by atoms with Crippen LogP contribution in [0.5, 0.6) is 5.75 Å². The van der Waals surface area contributed by atoms with Gasteiger partial charge >= 0.3 is 0 Å². The summed E-state index contributed by atoms with van der Waals surface area (Å²) in [5, 5.41) is 17.1. The van der Waals surface area contributed by atoms with Gasteiger partial charge in [0.2, 0.25) is 0 Å². The van der Waals surface area contributed by atoms with E-state index in [2.05, 4.69) is 5.32 Å². The minimum atomic E-state index is -1.08. The Morgan fingerprint density at radius 3 is 2.86 bits per heavy atom. The maximum atomic E-state index is 12.4. The fourth-order valence-electron chi connectivity index (χ4n) is 2.68. The van der Waals surface area contributed by atoms with Crippen molar-refractivity contribution < 1.29 is 14.6 Å². The third kappa shape index (κ3) is 2.74. The number of fused-ring (bicyclic) bond motifs is 1. The van der Waals surface area contributed by atoms with Gasteiger partial charge in [-0.25, -0.2) is 0 Å². The van der Waals surface area contributed by atoms with Crippen LogP contribution >= 0.6 is 11.3 Å². The molecule has 0 radical (unpaired) electrons. The highest BCUT2D eigenvalue weighted by Gasteiger charge is 2.37. The Kier molecular flexibility index (Phi) is 3.93. The molecule has 1 aliphatic rings. The van der Waals surface area contributed by atoms with Crippen LogP contribution in [0, 0.1) is 0 Å². The van der Waals surface area contributed by atoms with Crippen molar-refractivity contribution in [2.75, 3.05) is 6.54 Å². The molecule has 0 aliphatic carbocycles. The Labute approximate surface area is 133 Å². The Balaban J connectivity index is 1.64. The highest BCUT2D eigenvalue weighted by atomic mass is 32.1. The van der Waals surface area contributed by atoms with E-state index in [4.69, 9.17) is 4.74 Å². The summed E-state index contributed by atoms with van der Waals surface area (Å²) in [5.41, 5.74) is 0.776. The van der Waals surface area contributed by atoms with Crippen LogP contribution in [0.3, 0.4) is 0 Å². The molecule has 1 aliphatic heterocycles. The summed E-state index contributed by atoms with van der Waals surface area (Å²) in [6, 6.07) is 9.56. The number of amides is 1. The smallest absolute Gasteiger partial charge is 0.261 e. The average Bonchev–Trinajstić information content (AvgIpc) is 3.14. The van der Waals surface area contributed by atoms with Gasteiger partial charge in [-0.2, -0.15) is 11.3 Å². The number of rotatable bonds is 4. The second-order valence-electron chi connectivity index (χ2n) is 5.87. The van der Waals surface area contributed by atoms with E-state index < -0.39 is 11.7 Å². The van der Waals surface area contributed by atoms with Crippen LogP contribution in [-0.4, -0.2) is 23.7 Å². The molecule has 0 spiro atoms. The Morgan fingerprint density at radius 2 is 2.18 bits per heavy atom. The molecule has 4 nitrogen and oxygen atoms in total. The first-order chi connectivity index (χ1) is 10.5. The molecule has 3 unspecified atom stereocenters. The first-order valence-corrected chi connectivity index (χ1v) is 8.21. The van der Waals surface area contributed by atoms with E-state index in [-0.39, 0.29) is 18.4 Å². The van der Waals surface area contributed by atoms with Crippen LogP contribution in [0.1, 0.15) is 30.9 Å². The fourth-order valence-corrected chi connectivity index (χ4v) is 3.46. The molecule has 3 atom stereocenters. The van der Waals surface area contributed by atoms with Gasteiger partial charge in [-0.3, -0.25) is 4.79 Å². The van der Waals surface area contributed by atoms with Crippen molar-refractivity contribution in [3.63, 3.8) is 0 Å². The molecule has 22 heavy (non-hydrogen) atoms. The number of aliphatic hydroxyl groups is 1. The molecule has 1 amide bonds. The summed E-state index contributed by atoms with van der Waals surface area (Å²) in [5.74, 6) is 0.571. The maximum absolute atomic E-state index is 12.4. The number of thiophene rings is 1. The summed E-state index contributed by atoms with van der Waals surface area (Å²) in [7, 11) is 0. The zero-order valence-electron chi connectivity index (χ0n) is 12.6. The highest BCUT2D eigenvalue weighted by Crippen LogP contribution is 2.37. The van der Waals surface area contributed by atoms with Crippen LogP contribution in [0.25, 0.3) is 0 Å². The molecule has 1 aromatic carbocycles. The molecule has 0 saturated carbocycles. The van der Waals surface area contributed by atoms with E-state index in [1.54, 1.807) is 6.92 Å². The van der Waals surface area contributed by atoms with E-state index in [1.807, 2.05) is 48.0 Å². The first kappa shape index (κ1) is 15.1. The number of hydrogen-bond acceptors (Lipinski definition) is 4. The van der Waals surface area contributed by atoms with Gasteiger partial charge in [0.15, 0.2) is 6.10 Å². The standard InChI is InChI=1S/C17H19NO3S/c1-11-13-5-3-4-6-14(13)21-15(11)16(19)18-10-17(2,20)12-7-8-22-9-12/h3-9,11,15,20H,10H2,1-2H3,(H,18,19). The molecule has 1 aromatic heterocycles. The van der Waals surface area contributed by atoms with E-state index in [0.29, 0.717) is 0 Å². The number of nitrogens with one attached hydrogen (secondary N) is 1. The minimum absolute atomic E-state index is 0.00213. The number of ether oxygens (including phenoxy) is 1. The number of para-hydroxylation sites is 1. The zero-order valence-corrected chi connectivity index (χ0v) is 13.4. The predicted molar refractivity (Wildman–Crippen MR) is 86.2 cm³/mol. The lowest BCUT2D eigenvalue weighted by Crippen LogP contribution is -2.45. The van der Waals surface area contributed by atoms with E-state index in [9.17, 15) is 9.90 Å². The molecule has 2 aromatic rings. The molecule has 2 N–H and O–H groups in total. The van der Waals surface area contributed by atoms with Crippen LogP contribution in [0.15, 0.2) is 41.1 Å². The van der Waals surface area contributed by atoms with Gasteiger partial charge in [0.25, 0.3) is 5.91 Å². The molecular formula is C17H19NO3S. The maximum Gasteiger partial charge on any atom is 0.261 e. The first-order valence-electron chi connectivity index (χ1n) is 7.27. The lowest BCUT2D eigenvalue weighted by atomic mass is 9.96. The molecule has 2 heterocycles. The van der Waals surface area contributed by atoms with Crippen molar-refractivity contribution in [2.24, 2.45) is 0 Å². The molecule has 0 fully saturated rings. The van der Waals surface area contributed by atoms with Gasteiger partial charge in [-0.1, -0.05) is 25.1 Å². The van der Waals surface area contributed by atoms with Gasteiger partial charge in [-0.05, 0) is 35.4 Å². The topological polar surface area (TPSA) is 58.6 Å². The predicted octanol–water partition coefficient (Wildman–Crippen LogP) is 2.64. The van der Waals surface area contributed by atoms with Gasteiger partial charge in [0, 0.05) is 11.5 Å². The normalized spacial score (nSPS) is 22.5. The zero-order chi connectivity index (χ0) is 15.7. The van der Waals surface area contributed by atoms with Gasteiger partial charge in [0.1, 0.15) is 11.4 Å². The number of hydrogen-bond donors (Lipinski definition) is 2. The SMILES string of the molecule is CC1c2ccccc2OC1C(=O)NCC(C)(O)c1ccsc1. The Bertz CT molecular complexity index is 666. The van der Waals surface area contributed by atoms with E-state index >= 15 is 0 Å². The Hall–Kier alpha value is -1.85. The summed E-state index contributed by atoms with van der Waals surface area (Å²) >= 11 is 1.52. The third-order valence-corrected chi connectivity index (χ3v) is 4.81. The summed E-state index contributed by atoms with van der Waals surface area (Å²) < 4.78 is 5.75. The van der Waals surface area contributed by atoms with Crippen molar-refractivity contribution in [3.05, 3.63) is 52.2 Å². The third-order valence-electron chi connectivity index (χ3n) is 4.13. The lowest BCUT2D eigenvalue weighted by molar-refractivity contribution is -0.129. The van der Waals surface area contributed by atoms with Crippen molar-refractivity contribution in [2.45, 2.75) is 31.5 Å². The molecule has 5 heteroatoms. The fraction of sp³-hybridized carbons (Fsp3) is 0.353. The number of carbonyl (C=O) groups excluding carboxylic acids is 1. The van der Waals surface area contributed by atoms with Crippen LogP contribution in [0.2, 0.25) is 0 Å². The largest absolute Gasteiger partial charge is 0.480 e. The number of carbonyl (C=O) groups is 1. The van der Waals surface area contributed by atoms with E-state index in [0.717, 1.165) is 16.9 Å². The van der Waals surface area contributed by atoms with Crippen molar-refractivity contribution in [3.8, 4) is 5.75 Å². The molecule has 3 rings (SSSR count). The van der Waals surface area contributed by atoms with Gasteiger partial charge < -0.3 is 15.2 Å². The summed E-state index contributed by atoms with van der Waals surface area (Å²) in [4.78, 5) is 12.4. The molecule has 0 saturated heterocycles. The lowest BCUT2D eigenvalue weighted by Gasteiger charge is -2.24. The molecule has 116 valence electrons. The van der Waals surface area contributed by atoms with E-state index in [1.165, 1.54) is 11.3 Å². The van der Waals surface area contributed by atoms with Crippen LogP contribution in [-0.2, 0) is 10.4 Å². The Morgan fingerprint density at radius 1 is 1.41 bits per heavy atom. The van der Waals surface area contributed by atoms with Crippen LogP contribution < -0.4 is 10.1 Å². The minimum Gasteiger partial charge on any atom is -0.480 e. The van der Waals surface area contributed by atoms with Crippen molar-refractivity contribution in [1.29, 1.82) is 0 Å². The highest BCUT2D eigenvalue weighted by molar-refractivity contribution is 7.08. The van der Waals surface area contributed by atoms with Crippen LogP contribution in [0.4, 0.5) is 0 Å².